The first-order valence-corrected chi connectivity index (χ1v) is 4.80. The van der Waals surface area contributed by atoms with Crippen LogP contribution in [0.1, 0.15) is 26.5 Å². The summed E-state index contributed by atoms with van der Waals surface area (Å²) < 4.78 is 6.81. The van der Waals surface area contributed by atoms with E-state index >= 15 is 0 Å². The molecule has 0 aliphatic carbocycles. The van der Waals surface area contributed by atoms with E-state index in [2.05, 4.69) is 36.0 Å². The minimum Gasteiger partial charge on any atom is -0.332 e. The summed E-state index contributed by atoms with van der Waals surface area (Å²) in [6, 6.07) is 1.98. The topological polar surface area (TPSA) is 56.7 Å². The number of aromatic nitrogens is 4. The quantitative estimate of drug-likeness (QED) is 0.713. The Morgan fingerprint density at radius 1 is 1.33 bits per heavy atom. The monoisotopic (exact) mass is 206 g/mol. The van der Waals surface area contributed by atoms with Gasteiger partial charge in [-0.25, -0.2) is 0 Å². The third-order valence-electron chi connectivity index (χ3n) is 2.23. The molecule has 5 heteroatoms. The van der Waals surface area contributed by atoms with Crippen LogP contribution in [0.4, 0.5) is 0 Å². The van der Waals surface area contributed by atoms with Crippen LogP contribution in [-0.2, 0) is 12.5 Å². The van der Waals surface area contributed by atoms with E-state index in [1.54, 1.807) is 0 Å². The van der Waals surface area contributed by atoms with Crippen molar-refractivity contribution in [3.8, 4) is 11.6 Å². The highest BCUT2D eigenvalue weighted by Gasteiger charge is 2.21. The molecule has 80 valence electrons. The fourth-order valence-corrected chi connectivity index (χ4v) is 1.56. The predicted molar refractivity (Wildman–Crippen MR) is 55.2 cm³/mol. The van der Waals surface area contributed by atoms with Crippen LogP contribution in [-0.4, -0.2) is 19.9 Å². The van der Waals surface area contributed by atoms with E-state index in [1.165, 1.54) is 6.33 Å². The molecule has 0 saturated carbocycles. The Bertz CT molecular complexity index is 450. The second-order valence-electron chi connectivity index (χ2n) is 4.53. The summed E-state index contributed by atoms with van der Waals surface area (Å²) in [5.41, 5.74) is 1.91. The van der Waals surface area contributed by atoms with Crippen LogP contribution in [0.2, 0.25) is 0 Å². The molecular formula is C10H14N4O. The summed E-state index contributed by atoms with van der Waals surface area (Å²) >= 11 is 0. The van der Waals surface area contributed by atoms with Gasteiger partial charge in [0, 0.05) is 18.2 Å². The van der Waals surface area contributed by atoms with E-state index < -0.39 is 0 Å². The third kappa shape index (κ3) is 1.77. The lowest BCUT2D eigenvalue weighted by Crippen LogP contribution is -2.16. The zero-order chi connectivity index (χ0) is 11.1. The lowest BCUT2D eigenvalue weighted by molar-refractivity contribution is 0.428. The van der Waals surface area contributed by atoms with Gasteiger partial charge in [-0.3, -0.25) is 4.68 Å². The van der Waals surface area contributed by atoms with E-state index in [4.69, 9.17) is 4.52 Å². The highest BCUT2D eigenvalue weighted by Crippen LogP contribution is 2.25. The summed E-state index contributed by atoms with van der Waals surface area (Å²) in [7, 11) is 1.92. The maximum atomic E-state index is 4.96. The Morgan fingerprint density at radius 2 is 2.07 bits per heavy atom. The highest BCUT2D eigenvalue weighted by molar-refractivity contribution is 5.47. The van der Waals surface area contributed by atoms with Gasteiger partial charge in [-0.2, -0.15) is 10.1 Å². The van der Waals surface area contributed by atoms with Crippen molar-refractivity contribution < 1.29 is 4.52 Å². The molecule has 15 heavy (non-hydrogen) atoms. The molecule has 0 aromatic carbocycles. The molecule has 0 N–H and O–H groups in total. The van der Waals surface area contributed by atoms with E-state index in [1.807, 2.05) is 17.8 Å². The average Bonchev–Trinajstić information content (AvgIpc) is 2.68. The Hall–Kier alpha value is -1.65. The van der Waals surface area contributed by atoms with Crippen molar-refractivity contribution in [1.82, 2.24) is 19.9 Å². The fraction of sp³-hybridized carbons (Fsp3) is 0.500. The summed E-state index contributed by atoms with van der Waals surface area (Å²) in [6.07, 6.45) is 1.38. The number of hydrogen-bond donors (Lipinski definition) is 0. The van der Waals surface area contributed by atoms with Crippen molar-refractivity contribution >= 4 is 0 Å². The molecule has 0 fully saturated rings. The lowest BCUT2D eigenvalue weighted by Gasteiger charge is -2.17. The molecule has 2 aromatic heterocycles. The first-order valence-electron chi connectivity index (χ1n) is 4.80. The summed E-state index contributed by atoms with van der Waals surface area (Å²) in [5.74, 6) is 0.459. The second kappa shape index (κ2) is 3.18. The standard InChI is InChI=1S/C10H14N4O/c1-10(2,3)8-5-7(13-14(8)4)9-11-6-12-15-9/h5-6H,1-4H3. The molecule has 0 radical (unpaired) electrons. The predicted octanol–water partition coefficient (Wildman–Crippen LogP) is 1.77. The molecule has 5 nitrogen and oxygen atoms in total. The maximum absolute atomic E-state index is 4.96. The van der Waals surface area contributed by atoms with Crippen molar-refractivity contribution in [1.29, 1.82) is 0 Å². The smallest absolute Gasteiger partial charge is 0.278 e. The molecule has 0 saturated heterocycles. The average molecular weight is 206 g/mol. The Labute approximate surface area is 88.1 Å². The highest BCUT2D eigenvalue weighted by atomic mass is 16.5. The van der Waals surface area contributed by atoms with Crippen LogP contribution in [0.25, 0.3) is 11.6 Å². The number of rotatable bonds is 1. The molecule has 2 aromatic rings. The van der Waals surface area contributed by atoms with Crippen LogP contribution >= 0.6 is 0 Å². The van der Waals surface area contributed by atoms with Gasteiger partial charge in [0.25, 0.3) is 5.89 Å². The van der Waals surface area contributed by atoms with Crippen LogP contribution in [0, 0.1) is 0 Å². The van der Waals surface area contributed by atoms with E-state index in [0.29, 0.717) is 5.89 Å². The van der Waals surface area contributed by atoms with Crippen molar-refractivity contribution in [2.45, 2.75) is 26.2 Å². The van der Waals surface area contributed by atoms with Gasteiger partial charge in [-0.15, -0.1) is 0 Å². The first-order chi connectivity index (χ1) is 6.98. The van der Waals surface area contributed by atoms with Gasteiger partial charge in [-0.1, -0.05) is 25.9 Å². The van der Waals surface area contributed by atoms with Gasteiger partial charge in [-0.05, 0) is 6.07 Å². The minimum atomic E-state index is 0.0556. The molecule has 0 aliphatic heterocycles. The van der Waals surface area contributed by atoms with Gasteiger partial charge >= 0.3 is 0 Å². The van der Waals surface area contributed by atoms with E-state index in [0.717, 1.165) is 11.4 Å². The molecule has 2 heterocycles. The van der Waals surface area contributed by atoms with Crippen molar-refractivity contribution in [3.63, 3.8) is 0 Å². The SMILES string of the molecule is Cn1nc(-c2ncno2)cc1C(C)(C)C. The zero-order valence-electron chi connectivity index (χ0n) is 9.35. The van der Waals surface area contributed by atoms with E-state index in [-0.39, 0.29) is 5.41 Å². The normalized spacial score (nSPS) is 12.0. The molecule has 0 spiro atoms. The molecule has 0 unspecified atom stereocenters. The molecule has 2 rings (SSSR count). The number of hydrogen-bond acceptors (Lipinski definition) is 4. The van der Waals surface area contributed by atoms with Crippen LogP contribution in [0.5, 0.6) is 0 Å². The maximum Gasteiger partial charge on any atom is 0.278 e. The van der Waals surface area contributed by atoms with Crippen molar-refractivity contribution in [3.05, 3.63) is 18.1 Å². The summed E-state index contributed by atoms with van der Waals surface area (Å²) in [4.78, 5) is 3.97. The van der Waals surface area contributed by atoms with Gasteiger partial charge in [0.1, 0.15) is 0 Å². The van der Waals surface area contributed by atoms with Crippen molar-refractivity contribution in [2.24, 2.45) is 7.05 Å². The molecule has 0 aliphatic rings. The van der Waals surface area contributed by atoms with Crippen LogP contribution < -0.4 is 0 Å². The lowest BCUT2D eigenvalue weighted by atomic mass is 9.92. The minimum absolute atomic E-state index is 0.0556. The Morgan fingerprint density at radius 3 is 2.53 bits per heavy atom. The Balaban J connectivity index is 2.47. The number of nitrogens with zero attached hydrogens (tertiary/aromatic N) is 4. The number of aryl methyl sites for hydroxylation is 1. The van der Waals surface area contributed by atoms with Gasteiger partial charge < -0.3 is 4.52 Å². The first kappa shape index (κ1) is 9.89. The van der Waals surface area contributed by atoms with Crippen molar-refractivity contribution in [2.75, 3.05) is 0 Å². The molecule has 0 atom stereocenters. The van der Waals surface area contributed by atoms with Crippen LogP contribution in [0.3, 0.4) is 0 Å². The summed E-state index contributed by atoms with van der Waals surface area (Å²) in [5, 5.41) is 7.90. The van der Waals surface area contributed by atoms with Crippen LogP contribution in [0.15, 0.2) is 16.9 Å². The Kier molecular flexibility index (Phi) is 2.10. The zero-order valence-corrected chi connectivity index (χ0v) is 9.35. The second-order valence-corrected chi connectivity index (χ2v) is 4.53. The third-order valence-corrected chi connectivity index (χ3v) is 2.23. The van der Waals surface area contributed by atoms with Gasteiger partial charge in [0.2, 0.25) is 0 Å². The largest absolute Gasteiger partial charge is 0.332 e. The van der Waals surface area contributed by atoms with Gasteiger partial charge in [0.15, 0.2) is 12.0 Å². The molecule has 0 bridgehead atoms. The van der Waals surface area contributed by atoms with E-state index in [9.17, 15) is 0 Å². The molecule has 0 amide bonds. The fourth-order valence-electron chi connectivity index (χ4n) is 1.56. The van der Waals surface area contributed by atoms with Gasteiger partial charge in [0.05, 0.1) is 0 Å². The summed E-state index contributed by atoms with van der Waals surface area (Å²) in [6.45, 7) is 6.42. The molecular weight excluding hydrogens is 192 g/mol.